The first kappa shape index (κ1) is 18.3. The highest BCUT2D eigenvalue weighted by molar-refractivity contribution is 7.13. The summed E-state index contributed by atoms with van der Waals surface area (Å²) in [6.45, 7) is 0.0981. The van der Waals surface area contributed by atoms with Crippen LogP contribution in [0, 0.1) is 11.6 Å². The number of halogens is 2. The molecule has 0 fully saturated rings. The fraction of sp³-hybridized carbons (Fsp3) is 0.105. The molecule has 5 rings (SSSR count). The normalized spacial score (nSPS) is 11.3. The van der Waals surface area contributed by atoms with Gasteiger partial charge in [-0.25, -0.2) is 13.8 Å². The number of nitrogens with zero attached hydrogens (tertiary/aromatic N) is 7. The fourth-order valence-corrected chi connectivity index (χ4v) is 3.88. The third-order valence-electron chi connectivity index (χ3n) is 4.53. The standard InChI is InChI=1S/C19H13F2N7OS/c1-27-15(22-9-24-27)8-29-19-17(14-3-2-6-30-14)16(18-25-23-10-28(18)26-19)12-5-4-11(20)7-13(12)21/h2-7,9-10H,8H2,1H3. The van der Waals surface area contributed by atoms with Crippen molar-refractivity contribution >= 4 is 17.0 Å². The summed E-state index contributed by atoms with van der Waals surface area (Å²) in [4.78, 5) is 4.94. The lowest BCUT2D eigenvalue weighted by Crippen LogP contribution is -2.08. The predicted octanol–water partition coefficient (Wildman–Crippen LogP) is 3.51. The van der Waals surface area contributed by atoms with Crippen LogP contribution < -0.4 is 4.74 Å². The van der Waals surface area contributed by atoms with Crippen LogP contribution in [-0.4, -0.2) is 34.6 Å². The molecule has 0 unspecified atom stereocenters. The minimum Gasteiger partial charge on any atom is -0.468 e. The molecule has 0 saturated heterocycles. The molecular formula is C19H13F2N7OS. The molecule has 8 nitrogen and oxygen atoms in total. The van der Waals surface area contributed by atoms with Crippen LogP contribution in [0.2, 0.25) is 0 Å². The molecule has 0 bridgehead atoms. The smallest absolute Gasteiger partial charge is 0.241 e. The van der Waals surface area contributed by atoms with Crippen LogP contribution in [0.4, 0.5) is 8.78 Å². The number of thiophene rings is 1. The first-order valence-electron chi connectivity index (χ1n) is 8.81. The average molecular weight is 425 g/mol. The highest BCUT2D eigenvalue weighted by Gasteiger charge is 2.24. The predicted molar refractivity (Wildman–Crippen MR) is 105 cm³/mol. The topological polar surface area (TPSA) is 83.0 Å². The van der Waals surface area contributed by atoms with E-state index in [1.54, 1.807) is 11.7 Å². The molecule has 11 heteroatoms. The first-order valence-corrected chi connectivity index (χ1v) is 9.69. The Kier molecular flexibility index (Phi) is 4.43. The molecule has 150 valence electrons. The second-order valence-corrected chi connectivity index (χ2v) is 7.29. The second-order valence-electron chi connectivity index (χ2n) is 6.34. The molecule has 0 saturated carbocycles. The van der Waals surface area contributed by atoms with Gasteiger partial charge in [0.1, 0.15) is 30.9 Å². The van der Waals surface area contributed by atoms with Crippen LogP contribution >= 0.6 is 11.3 Å². The van der Waals surface area contributed by atoms with Crippen molar-refractivity contribution in [2.24, 2.45) is 7.05 Å². The zero-order valence-corrected chi connectivity index (χ0v) is 16.3. The van der Waals surface area contributed by atoms with Gasteiger partial charge in [0.2, 0.25) is 5.88 Å². The number of fused-ring (bicyclic) bond motifs is 1. The van der Waals surface area contributed by atoms with E-state index in [9.17, 15) is 8.78 Å². The van der Waals surface area contributed by atoms with Crippen LogP contribution in [0.3, 0.4) is 0 Å². The van der Waals surface area contributed by atoms with Gasteiger partial charge in [-0.15, -0.1) is 26.6 Å². The Bertz CT molecular complexity index is 1350. The minimum atomic E-state index is -0.719. The minimum absolute atomic E-state index is 0.0981. The molecule has 0 radical (unpaired) electrons. The van der Waals surface area contributed by atoms with E-state index in [2.05, 4.69) is 25.4 Å². The van der Waals surface area contributed by atoms with Crippen molar-refractivity contribution < 1.29 is 13.5 Å². The molecule has 0 atom stereocenters. The number of benzene rings is 1. The lowest BCUT2D eigenvalue weighted by atomic mass is 10.00. The van der Waals surface area contributed by atoms with E-state index < -0.39 is 11.6 Å². The molecule has 0 spiro atoms. The van der Waals surface area contributed by atoms with Gasteiger partial charge in [0.25, 0.3) is 0 Å². The van der Waals surface area contributed by atoms with E-state index in [0.717, 1.165) is 10.9 Å². The van der Waals surface area contributed by atoms with Crippen molar-refractivity contribution in [3.8, 4) is 27.4 Å². The van der Waals surface area contributed by atoms with Crippen LogP contribution in [0.1, 0.15) is 5.82 Å². The van der Waals surface area contributed by atoms with Gasteiger partial charge in [-0.2, -0.15) is 9.61 Å². The zero-order valence-electron chi connectivity index (χ0n) is 15.5. The number of ether oxygens (including phenoxy) is 1. The van der Waals surface area contributed by atoms with Gasteiger partial charge in [-0.1, -0.05) is 6.07 Å². The number of aryl methyl sites for hydroxylation is 1. The van der Waals surface area contributed by atoms with E-state index in [-0.39, 0.29) is 18.1 Å². The Morgan fingerprint density at radius 3 is 2.80 bits per heavy atom. The van der Waals surface area contributed by atoms with E-state index in [1.165, 1.54) is 40.6 Å². The number of hydrogen-bond acceptors (Lipinski definition) is 7. The van der Waals surface area contributed by atoms with E-state index in [4.69, 9.17) is 4.74 Å². The van der Waals surface area contributed by atoms with Crippen molar-refractivity contribution in [3.63, 3.8) is 0 Å². The Balaban J connectivity index is 1.75. The van der Waals surface area contributed by atoms with E-state index in [0.29, 0.717) is 22.6 Å². The summed E-state index contributed by atoms with van der Waals surface area (Å²) < 4.78 is 37.4. The van der Waals surface area contributed by atoms with Gasteiger partial charge >= 0.3 is 0 Å². The largest absolute Gasteiger partial charge is 0.468 e. The Hall–Kier alpha value is -3.73. The van der Waals surface area contributed by atoms with Gasteiger partial charge in [-0.3, -0.25) is 4.68 Å². The second kappa shape index (κ2) is 7.26. The van der Waals surface area contributed by atoms with Gasteiger partial charge in [-0.05, 0) is 23.6 Å². The number of hydrogen-bond donors (Lipinski definition) is 0. The van der Waals surface area contributed by atoms with Crippen LogP contribution in [0.25, 0.3) is 27.2 Å². The summed E-state index contributed by atoms with van der Waals surface area (Å²) >= 11 is 1.44. The molecule has 30 heavy (non-hydrogen) atoms. The Morgan fingerprint density at radius 2 is 2.07 bits per heavy atom. The van der Waals surface area contributed by atoms with Crippen molar-refractivity contribution in [3.05, 3.63) is 65.8 Å². The van der Waals surface area contributed by atoms with Gasteiger partial charge in [0.15, 0.2) is 11.5 Å². The maximum absolute atomic E-state index is 14.8. The number of aromatic nitrogens is 7. The van der Waals surface area contributed by atoms with E-state index >= 15 is 0 Å². The van der Waals surface area contributed by atoms with Gasteiger partial charge in [0.05, 0.1) is 5.56 Å². The maximum atomic E-state index is 14.8. The molecule has 4 heterocycles. The highest BCUT2D eigenvalue weighted by atomic mass is 32.1. The Morgan fingerprint density at radius 1 is 1.17 bits per heavy atom. The summed E-state index contributed by atoms with van der Waals surface area (Å²) in [5.41, 5.74) is 1.45. The average Bonchev–Trinajstić information content (AvgIpc) is 3.47. The molecular weight excluding hydrogens is 412 g/mol. The molecule has 0 aliphatic carbocycles. The third kappa shape index (κ3) is 3.08. The summed E-state index contributed by atoms with van der Waals surface area (Å²) in [6, 6.07) is 7.14. The molecule has 5 aromatic rings. The van der Waals surface area contributed by atoms with Crippen LogP contribution in [0.15, 0.2) is 48.4 Å². The van der Waals surface area contributed by atoms with Crippen LogP contribution in [0.5, 0.6) is 5.88 Å². The molecule has 4 aromatic heterocycles. The first-order chi connectivity index (χ1) is 14.6. The van der Waals surface area contributed by atoms with E-state index in [1.807, 2.05) is 17.5 Å². The highest BCUT2D eigenvalue weighted by Crippen LogP contribution is 2.43. The maximum Gasteiger partial charge on any atom is 0.241 e. The summed E-state index contributed by atoms with van der Waals surface area (Å²) in [5.74, 6) is -0.554. The van der Waals surface area contributed by atoms with Crippen molar-refractivity contribution in [1.29, 1.82) is 0 Å². The summed E-state index contributed by atoms with van der Waals surface area (Å²) in [6.07, 6.45) is 2.82. The monoisotopic (exact) mass is 425 g/mol. The lowest BCUT2D eigenvalue weighted by molar-refractivity contribution is 0.276. The molecule has 0 amide bonds. The quantitative estimate of drug-likeness (QED) is 0.429. The van der Waals surface area contributed by atoms with Crippen molar-refractivity contribution in [1.82, 2.24) is 34.6 Å². The van der Waals surface area contributed by atoms with Crippen molar-refractivity contribution in [2.45, 2.75) is 6.61 Å². The Labute approximate surface area is 172 Å². The summed E-state index contributed by atoms with van der Waals surface area (Å²) in [7, 11) is 1.75. The van der Waals surface area contributed by atoms with Gasteiger partial charge < -0.3 is 4.74 Å². The molecule has 0 N–H and O–H groups in total. The van der Waals surface area contributed by atoms with Gasteiger partial charge in [0, 0.05) is 29.1 Å². The van der Waals surface area contributed by atoms with Crippen molar-refractivity contribution in [2.75, 3.05) is 0 Å². The molecule has 0 aliphatic rings. The van der Waals surface area contributed by atoms with Crippen LogP contribution in [-0.2, 0) is 13.7 Å². The SMILES string of the molecule is Cn1ncnc1COc1nn2cnnc2c(-c2ccc(F)cc2F)c1-c1cccs1. The number of rotatable bonds is 5. The lowest BCUT2D eigenvalue weighted by Gasteiger charge is -2.15. The fourth-order valence-electron chi connectivity index (χ4n) is 3.12. The third-order valence-corrected chi connectivity index (χ3v) is 5.42. The summed E-state index contributed by atoms with van der Waals surface area (Å²) in [5, 5.41) is 18.4. The zero-order chi connectivity index (χ0) is 20.7. The molecule has 1 aromatic carbocycles. The molecule has 0 aliphatic heterocycles.